The zero-order valence-electron chi connectivity index (χ0n) is 15.9. The lowest BCUT2D eigenvalue weighted by Crippen LogP contribution is -2.44. The molecule has 0 saturated carbocycles. The monoisotopic (exact) mass is 418 g/mol. The maximum absolute atomic E-state index is 13.0. The van der Waals surface area contributed by atoms with Gasteiger partial charge in [0.25, 0.3) is 5.91 Å². The fraction of sp³-hybridized carbons (Fsp3) is 0.300. The molecule has 154 valence electrons. The van der Waals surface area contributed by atoms with Crippen LogP contribution in [0.2, 0.25) is 0 Å². The van der Waals surface area contributed by atoms with E-state index in [1.54, 1.807) is 35.2 Å². The molecule has 0 spiro atoms. The van der Waals surface area contributed by atoms with Crippen molar-refractivity contribution in [3.8, 4) is 0 Å². The lowest BCUT2D eigenvalue weighted by molar-refractivity contribution is -0.145. The van der Waals surface area contributed by atoms with E-state index in [4.69, 9.17) is 9.47 Å². The van der Waals surface area contributed by atoms with Crippen molar-refractivity contribution in [1.29, 1.82) is 0 Å². The van der Waals surface area contributed by atoms with Crippen molar-refractivity contribution in [2.24, 2.45) is 0 Å². The van der Waals surface area contributed by atoms with Gasteiger partial charge in [-0.3, -0.25) is 4.79 Å². The summed E-state index contributed by atoms with van der Waals surface area (Å²) < 4.78 is 37.0. The Bertz CT molecular complexity index is 971. The number of hydrogen-bond acceptors (Lipinski definition) is 6. The highest BCUT2D eigenvalue weighted by molar-refractivity contribution is 7.89. The first kappa shape index (κ1) is 21.0. The first-order chi connectivity index (χ1) is 13.9. The highest BCUT2D eigenvalue weighted by atomic mass is 32.2. The third kappa shape index (κ3) is 5.00. The minimum atomic E-state index is -3.72. The zero-order chi connectivity index (χ0) is 20.9. The lowest BCUT2D eigenvalue weighted by atomic mass is 10.1. The van der Waals surface area contributed by atoms with E-state index in [1.807, 2.05) is 0 Å². The fourth-order valence-corrected chi connectivity index (χ4v) is 3.70. The maximum atomic E-state index is 13.0. The minimum Gasteiger partial charge on any atom is -0.444 e. The van der Waals surface area contributed by atoms with Crippen LogP contribution in [0.5, 0.6) is 0 Å². The van der Waals surface area contributed by atoms with Crippen LogP contribution in [0, 0.1) is 0 Å². The van der Waals surface area contributed by atoms with Gasteiger partial charge in [-0.05, 0) is 25.2 Å². The number of nitrogens with zero attached hydrogens (tertiary/aromatic N) is 1. The summed E-state index contributed by atoms with van der Waals surface area (Å²) in [5.74, 6) is -1.12. The van der Waals surface area contributed by atoms with Gasteiger partial charge in [-0.1, -0.05) is 36.4 Å². The van der Waals surface area contributed by atoms with E-state index in [0.717, 1.165) is 0 Å². The third-order valence-corrected chi connectivity index (χ3v) is 5.94. The lowest BCUT2D eigenvalue weighted by Gasteiger charge is -2.30. The molecule has 2 aromatic carbocycles. The van der Waals surface area contributed by atoms with Crippen LogP contribution in [-0.2, 0) is 24.3 Å². The normalized spacial score (nSPS) is 15.6. The number of nitrogens with one attached hydrogen (secondary N) is 1. The molecule has 0 aliphatic carbocycles. The highest BCUT2D eigenvalue weighted by Gasteiger charge is 2.31. The van der Waals surface area contributed by atoms with E-state index in [-0.39, 0.29) is 16.4 Å². The molecule has 0 radical (unpaired) electrons. The van der Waals surface area contributed by atoms with Crippen LogP contribution in [0.25, 0.3) is 0 Å². The van der Waals surface area contributed by atoms with Crippen LogP contribution < -0.4 is 4.72 Å². The van der Waals surface area contributed by atoms with Crippen LogP contribution in [-0.4, -0.2) is 58.5 Å². The minimum absolute atomic E-state index is 0.0389. The van der Waals surface area contributed by atoms with Gasteiger partial charge in [-0.25, -0.2) is 17.9 Å². The van der Waals surface area contributed by atoms with Gasteiger partial charge in [-0.2, -0.15) is 0 Å². The quantitative estimate of drug-likeness (QED) is 0.711. The van der Waals surface area contributed by atoms with Crippen molar-refractivity contribution in [2.45, 2.75) is 11.0 Å². The molecule has 1 fully saturated rings. The van der Waals surface area contributed by atoms with E-state index >= 15 is 0 Å². The van der Waals surface area contributed by atoms with Crippen LogP contribution in [0.3, 0.4) is 0 Å². The molecule has 9 heteroatoms. The van der Waals surface area contributed by atoms with Crippen LogP contribution in [0.4, 0.5) is 0 Å². The van der Waals surface area contributed by atoms with Crippen molar-refractivity contribution >= 4 is 21.9 Å². The predicted octanol–water partition coefficient (Wildman–Crippen LogP) is 1.35. The number of ether oxygens (including phenoxy) is 2. The molecular weight excluding hydrogens is 396 g/mol. The average molecular weight is 418 g/mol. The Balaban J connectivity index is 1.87. The van der Waals surface area contributed by atoms with Gasteiger partial charge in [0, 0.05) is 18.7 Å². The molecule has 29 heavy (non-hydrogen) atoms. The number of esters is 1. The Kier molecular flexibility index (Phi) is 6.63. The number of benzene rings is 2. The summed E-state index contributed by atoms with van der Waals surface area (Å²) in [6.45, 7) is 1.67. The number of sulfonamides is 1. The van der Waals surface area contributed by atoms with E-state index < -0.39 is 22.1 Å². The summed E-state index contributed by atoms with van der Waals surface area (Å²) in [7, 11) is -2.43. The van der Waals surface area contributed by atoms with Gasteiger partial charge in [0.1, 0.15) is 0 Å². The molecular formula is C20H22N2O6S. The van der Waals surface area contributed by atoms with Gasteiger partial charge in [0.05, 0.1) is 23.7 Å². The summed E-state index contributed by atoms with van der Waals surface area (Å²) in [6.07, 6.45) is -1.13. The first-order valence-corrected chi connectivity index (χ1v) is 10.6. The summed E-state index contributed by atoms with van der Waals surface area (Å²) in [4.78, 5) is 27.3. The molecule has 8 nitrogen and oxygen atoms in total. The number of rotatable bonds is 6. The fourth-order valence-electron chi connectivity index (χ4n) is 2.92. The molecule has 1 amide bonds. The van der Waals surface area contributed by atoms with E-state index in [2.05, 4.69) is 4.72 Å². The van der Waals surface area contributed by atoms with Gasteiger partial charge < -0.3 is 14.4 Å². The summed E-state index contributed by atoms with van der Waals surface area (Å²) in [5, 5.41) is 0. The standard InChI is InChI=1S/C20H22N2O6S/c1-21-29(25,26)17-9-5-8-16(14-17)20(24)28-18(15-6-3-2-4-7-15)19(23)22-10-12-27-13-11-22/h2-9,14,18,21H,10-13H2,1H3/t18-/m1/s1. The Morgan fingerprint density at radius 1 is 1.07 bits per heavy atom. The molecule has 1 aliphatic heterocycles. The van der Waals surface area contributed by atoms with Gasteiger partial charge in [0.2, 0.25) is 16.1 Å². The Morgan fingerprint density at radius 2 is 1.76 bits per heavy atom. The first-order valence-electron chi connectivity index (χ1n) is 9.08. The SMILES string of the molecule is CNS(=O)(=O)c1cccc(C(=O)O[C@@H](C(=O)N2CCOCC2)c2ccccc2)c1. The Morgan fingerprint density at radius 3 is 2.41 bits per heavy atom. The van der Waals surface area contributed by atoms with Crippen molar-refractivity contribution in [3.05, 3.63) is 65.7 Å². The van der Waals surface area contributed by atoms with Crippen LogP contribution in [0.15, 0.2) is 59.5 Å². The van der Waals surface area contributed by atoms with Crippen molar-refractivity contribution in [1.82, 2.24) is 9.62 Å². The molecule has 3 rings (SSSR count). The van der Waals surface area contributed by atoms with Crippen LogP contribution >= 0.6 is 0 Å². The molecule has 1 atom stereocenters. The maximum Gasteiger partial charge on any atom is 0.339 e. The van der Waals surface area contributed by atoms with Gasteiger partial charge in [-0.15, -0.1) is 0 Å². The van der Waals surface area contributed by atoms with E-state index in [9.17, 15) is 18.0 Å². The van der Waals surface area contributed by atoms with Crippen LogP contribution in [0.1, 0.15) is 22.0 Å². The molecule has 1 heterocycles. The topological polar surface area (TPSA) is 102 Å². The van der Waals surface area contributed by atoms with E-state index in [0.29, 0.717) is 31.9 Å². The van der Waals surface area contributed by atoms with Crippen molar-refractivity contribution < 1.29 is 27.5 Å². The molecule has 1 N–H and O–H groups in total. The summed E-state index contributed by atoms with van der Waals surface area (Å²) in [5.41, 5.74) is 0.577. The molecule has 0 bridgehead atoms. The van der Waals surface area contributed by atoms with Gasteiger partial charge in [0.15, 0.2) is 0 Å². The number of carbonyl (C=O) groups excluding carboxylic acids is 2. The smallest absolute Gasteiger partial charge is 0.339 e. The molecule has 0 unspecified atom stereocenters. The average Bonchev–Trinajstić information content (AvgIpc) is 2.78. The van der Waals surface area contributed by atoms with Crippen molar-refractivity contribution in [2.75, 3.05) is 33.4 Å². The molecule has 1 aliphatic rings. The second kappa shape index (κ2) is 9.17. The Hall–Kier alpha value is -2.75. The van der Waals surface area contributed by atoms with E-state index in [1.165, 1.54) is 31.3 Å². The largest absolute Gasteiger partial charge is 0.444 e. The predicted molar refractivity (Wildman–Crippen MR) is 105 cm³/mol. The highest BCUT2D eigenvalue weighted by Crippen LogP contribution is 2.23. The number of hydrogen-bond donors (Lipinski definition) is 1. The second-order valence-corrected chi connectivity index (χ2v) is 8.26. The molecule has 1 saturated heterocycles. The van der Waals surface area contributed by atoms with Crippen molar-refractivity contribution in [3.63, 3.8) is 0 Å². The molecule has 2 aromatic rings. The number of morpholine rings is 1. The number of carbonyl (C=O) groups is 2. The second-order valence-electron chi connectivity index (χ2n) is 6.37. The number of amides is 1. The summed E-state index contributed by atoms with van der Waals surface area (Å²) in [6, 6.07) is 14.2. The van der Waals surface area contributed by atoms with Gasteiger partial charge >= 0.3 is 5.97 Å². The Labute approximate surface area is 169 Å². The summed E-state index contributed by atoms with van der Waals surface area (Å²) >= 11 is 0. The zero-order valence-corrected chi connectivity index (χ0v) is 16.7. The third-order valence-electron chi connectivity index (χ3n) is 4.52. The molecule has 0 aromatic heterocycles.